The molecule has 2 N–H and O–H groups in total. The smallest absolute Gasteiger partial charge is 0.227 e. The minimum absolute atomic E-state index is 0.00234. The Morgan fingerprint density at radius 1 is 1.38 bits per heavy atom. The molecular formula is C17H19ClN4O2. The van der Waals surface area contributed by atoms with Gasteiger partial charge < -0.3 is 15.4 Å². The molecule has 6 nitrogen and oxygen atoms in total. The van der Waals surface area contributed by atoms with E-state index in [2.05, 4.69) is 10.2 Å². The Kier molecular flexibility index (Phi) is 4.85. The van der Waals surface area contributed by atoms with Crippen LogP contribution in [0.1, 0.15) is 30.1 Å². The molecule has 1 amide bonds. The Morgan fingerprint density at radius 3 is 2.92 bits per heavy atom. The third-order valence-electron chi connectivity index (χ3n) is 4.24. The molecule has 0 spiro atoms. The summed E-state index contributed by atoms with van der Waals surface area (Å²) in [6.45, 7) is 0.697. The molecule has 0 saturated carbocycles. The number of carbonyl (C=O) groups excluding carboxylic acids is 1. The fraction of sp³-hybridized carbons (Fsp3) is 0.353. The molecule has 2 aromatic rings. The second-order valence-electron chi connectivity index (χ2n) is 5.73. The van der Waals surface area contributed by atoms with Crippen LogP contribution in [-0.4, -0.2) is 34.7 Å². The van der Waals surface area contributed by atoms with Crippen molar-refractivity contribution in [1.82, 2.24) is 15.1 Å². The Hall–Kier alpha value is -2.34. The number of halogens is 1. The van der Waals surface area contributed by atoms with E-state index in [0.29, 0.717) is 28.7 Å². The van der Waals surface area contributed by atoms with Gasteiger partial charge in [0.15, 0.2) is 0 Å². The van der Waals surface area contributed by atoms with Gasteiger partial charge >= 0.3 is 0 Å². The maximum absolute atomic E-state index is 12.8. The summed E-state index contributed by atoms with van der Waals surface area (Å²) in [7, 11) is 1.57. The van der Waals surface area contributed by atoms with Gasteiger partial charge in [0.25, 0.3) is 0 Å². The number of nitrogens with zero attached hydrogens (tertiary/aromatic N) is 3. The summed E-state index contributed by atoms with van der Waals surface area (Å²) in [5.41, 5.74) is 7.06. The molecule has 1 fully saturated rings. The number of ether oxygens (including phenoxy) is 1. The molecule has 126 valence electrons. The molecule has 0 radical (unpaired) electrons. The first-order chi connectivity index (χ1) is 11.6. The number of amides is 1. The number of nitrogens with two attached hydrogens (primary N) is 1. The van der Waals surface area contributed by atoms with Gasteiger partial charge in [-0.3, -0.25) is 4.79 Å². The average molecular weight is 347 g/mol. The van der Waals surface area contributed by atoms with Crippen LogP contribution in [0.4, 0.5) is 5.82 Å². The summed E-state index contributed by atoms with van der Waals surface area (Å²) in [4.78, 5) is 14.7. The second kappa shape index (κ2) is 7.05. The first-order valence-corrected chi connectivity index (χ1v) is 8.18. The quantitative estimate of drug-likeness (QED) is 0.920. The van der Waals surface area contributed by atoms with Crippen LogP contribution in [0, 0.1) is 0 Å². The van der Waals surface area contributed by atoms with Crippen molar-refractivity contribution >= 4 is 23.3 Å². The van der Waals surface area contributed by atoms with E-state index in [-0.39, 0.29) is 18.4 Å². The maximum atomic E-state index is 12.8. The van der Waals surface area contributed by atoms with Crippen molar-refractivity contribution in [2.24, 2.45) is 0 Å². The van der Waals surface area contributed by atoms with Crippen molar-refractivity contribution in [3.05, 3.63) is 46.6 Å². The number of anilines is 1. The highest BCUT2D eigenvalue weighted by Crippen LogP contribution is 2.33. The van der Waals surface area contributed by atoms with E-state index in [1.54, 1.807) is 31.4 Å². The third-order valence-corrected chi connectivity index (χ3v) is 4.60. The Bertz CT molecular complexity index is 736. The second-order valence-corrected chi connectivity index (χ2v) is 6.13. The molecule has 2 heterocycles. The van der Waals surface area contributed by atoms with Gasteiger partial charge in [0.05, 0.1) is 25.3 Å². The SMILES string of the molecule is COc1cccc(Cl)c1CC(=O)N1CCCC1c1ccc(N)nn1. The van der Waals surface area contributed by atoms with Gasteiger partial charge in [-0.05, 0) is 37.1 Å². The number of hydrogen-bond acceptors (Lipinski definition) is 5. The van der Waals surface area contributed by atoms with Crippen LogP contribution in [0.15, 0.2) is 30.3 Å². The lowest BCUT2D eigenvalue weighted by Crippen LogP contribution is -2.32. The fourth-order valence-corrected chi connectivity index (χ4v) is 3.29. The van der Waals surface area contributed by atoms with Crippen LogP contribution in [0.3, 0.4) is 0 Å². The van der Waals surface area contributed by atoms with Crippen molar-refractivity contribution in [3.8, 4) is 5.75 Å². The van der Waals surface area contributed by atoms with E-state index in [1.165, 1.54) is 0 Å². The molecule has 3 rings (SSSR count). The highest BCUT2D eigenvalue weighted by atomic mass is 35.5. The van der Waals surface area contributed by atoms with E-state index in [0.717, 1.165) is 18.5 Å². The maximum Gasteiger partial charge on any atom is 0.227 e. The predicted molar refractivity (Wildman–Crippen MR) is 91.8 cm³/mol. The van der Waals surface area contributed by atoms with E-state index in [4.69, 9.17) is 22.1 Å². The molecule has 24 heavy (non-hydrogen) atoms. The van der Waals surface area contributed by atoms with Crippen LogP contribution in [-0.2, 0) is 11.2 Å². The van der Waals surface area contributed by atoms with E-state index >= 15 is 0 Å². The number of rotatable bonds is 4. The highest BCUT2D eigenvalue weighted by Gasteiger charge is 2.31. The number of nitrogen functional groups attached to an aromatic ring is 1. The third kappa shape index (κ3) is 3.28. The van der Waals surface area contributed by atoms with Crippen molar-refractivity contribution in [2.75, 3.05) is 19.4 Å². The molecule has 1 unspecified atom stereocenters. The molecule has 1 atom stereocenters. The number of likely N-dealkylation sites (tertiary alicyclic amines) is 1. The summed E-state index contributed by atoms with van der Waals surface area (Å²) in [6.07, 6.45) is 1.99. The van der Waals surface area contributed by atoms with Gasteiger partial charge in [-0.15, -0.1) is 5.10 Å². The molecule has 7 heteroatoms. The van der Waals surface area contributed by atoms with Crippen LogP contribution < -0.4 is 10.5 Å². The van der Waals surface area contributed by atoms with Gasteiger partial charge in [0.2, 0.25) is 5.91 Å². The molecule has 1 aromatic heterocycles. The number of carbonyl (C=O) groups is 1. The van der Waals surface area contributed by atoms with E-state index in [1.807, 2.05) is 11.0 Å². The average Bonchev–Trinajstić information content (AvgIpc) is 3.07. The first kappa shape index (κ1) is 16.5. The monoisotopic (exact) mass is 346 g/mol. The zero-order valence-corrected chi connectivity index (χ0v) is 14.2. The summed E-state index contributed by atoms with van der Waals surface area (Å²) < 4.78 is 5.32. The Balaban J connectivity index is 1.80. The molecular weight excluding hydrogens is 328 g/mol. The van der Waals surface area contributed by atoms with Gasteiger partial charge in [0.1, 0.15) is 11.6 Å². The van der Waals surface area contributed by atoms with E-state index < -0.39 is 0 Å². The number of hydrogen-bond donors (Lipinski definition) is 1. The molecule has 1 aliphatic heterocycles. The first-order valence-electron chi connectivity index (χ1n) is 7.80. The summed E-state index contributed by atoms with van der Waals surface area (Å²) in [6, 6.07) is 8.84. The van der Waals surface area contributed by atoms with Crippen LogP contribution in [0.5, 0.6) is 5.75 Å². The minimum Gasteiger partial charge on any atom is -0.496 e. The normalized spacial score (nSPS) is 17.1. The van der Waals surface area contributed by atoms with Crippen LogP contribution in [0.2, 0.25) is 5.02 Å². The van der Waals surface area contributed by atoms with Gasteiger partial charge in [0, 0.05) is 17.1 Å². The largest absolute Gasteiger partial charge is 0.496 e. The van der Waals surface area contributed by atoms with Crippen molar-refractivity contribution in [2.45, 2.75) is 25.3 Å². The van der Waals surface area contributed by atoms with E-state index in [9.17, 15) is 4.79 Å². The molecule has 1 saturated heterocycles. The fourth-order valence-electron chi connectivity index (χ4n) is 3.06. The van der Waals surface area contributed by atoms with Crippen molar-refractivity contribution < 1.29 is 9.53 Å². The summed E-state index contributed by atoms with van der Waals surface area (Å²) in [5.74, 6) is 0.997. The summed E-state index contributed by atoms with van der Waals surface area (Å²) >= 11 is 6.24. The van der Waals surface area contributed by atoms with Crippen molar-refractivity contribution in [3.63, 3.8) is 0 Å². The van der Waals surface area contributed by atoms with Crippen LogP contribution in [0.25, 0.3) is 0 Å². The van der Waals surface area contributed by atoms with Gasteiger partial charge in [-0.25, -0.2) is 0 Å². The van der Waals surface area contributed by atoms with Gasteiger partial charge in [-0.2, -0.15) is 5.10 Å². The predicted octanol–water partition coefficient (Wildman–Crippen LogP) is 2.63. The number of methoxy groups -OCH3 is 1. The summed E-state index contributed by atoms with van der Waals surface area (Å²) in [5, 5.41) is 8.56. The lowest BCUT2D eigenvalue weighted by atomic mass is 10.1. The highest BCUT2D eigenvalue weighted by molar-refractivity contribution is 6.31. The molecule has 1 aliphatic rings. The zero-order valence-electron chi connectivity index (χ0n) is 13.4. The molecule has 0 aliphatic carbocycles. The van der Waals surface area contributed by atoms with Crippen LogP contribution >= 0.6 is 11.6 Å². The Labute approximate surface area is 145 Å². The number of benzene rings is 1. The lowest BCUT2D eigenvalue weighted by molar-refractivity contribution is -0.131. The molecule has 1 aromatic carbocycles. The Morgan fingerprint density at radius 2 is 2.21 bits per heavy atom. The lowest BCUT2D eigenvalue weighted by Gasteiger charge is -2.24. The molecule has 0 bridgehead atoms. The van der Waals surface area contributed by atoms with Crippen molar-refractivity contribution in [1.29, 1.82) is 0 Å². The topological polar surface area (TPSA) is 81.3 Å². The van der Waals surface area contributed by atoms with Gasteiger partial charge in [-0.1, -0.05) is 17.7 Å². The number of aromatic nitrogens is 2. The standard InChI is InChI=1S/C17H19ClN4O2/c1-24-15-6-2-4-12(18)11(15)10-17(23)22-9-3-5-14(22)13-7-8-16(19)21-20-13/h2,4,6-8,14H,3,5,9-10H2,1H3,(H2,19,21). The zero-order chi connectivity index (χ0) is 17.1. The minimum atomic E-state index is -0.0703.